The Morgan fingerprint density at radius 2 is 1.41 bits per heavy atom. The largest absolute Gasteiger partial charge is 0.573 e. The van der Waals surface area contributed by atoms with Gasteiger partial charge in [0.1, 0.15) is 17.2 Å². The molecule has 0 aliphatic heterocycles. The minimum absolute atomic E-state index is 0.0802. The van der Waals surface area contributed by atoms with Gasteiger partial charge < -0.3 is 19.7 Å². The first-order valence-electron chi connectivity index (χ1n) is 9.03. The smallest absolute Gasteiger partial charge is 0.478 e. The highest BCUT2D eigenvalue weighted by Crippen LogP contribution is 2.32. The third kappa shape index (κ3) is 6.11. The quantitative estimate of drug-likeness (QED) is 0.445. The predicted octanol–water partition coefficient (Wildman–Crippen LogP) is 5.84. The fourth-order valence-corrected chi connectivity index (χ4v) is 2.75. The van der Waals surface area contributed by atoms with Gasteiger partial charge in [0.2, 0.25) is 0 Å². The van der Waals surface area contributed by atoms with E-state index in [0.717, 1.165) is 6.08 Å². The lowest BCUT2D eigenvalue weighted by Gasteiger charge is -2.12. The molecule has 0 bridgehead atoms. The number of carboxylic acids is 2. The zero-order valence-electron chi connectivity index (χ0n) is 16.2. The Kier molecular flexibility index (Phi) is 6.48. The zero-order valence-corrected chi connectivity index (χ0v) is 16.2. The molecule has 3 aromatic carbocycles. The van der Waals surface area contributed by atoms with Crippen LogP contribution in [-0.4, -0.2) is 28.5 Å². The molecule has 32 heavy (non-hydrogen) atoms. The van der Waals surface area contributed by atoms with E-state index in [1.165, 1.54) is 54.6 Å². The minimum atomic E-state index is -4.79. The topological polar surface area (TPSA) is 93.1 Å². The van der Waals surface area contributed by atoms with Crippen LogP contribution < -0.4 is 9.47 Å². The second-order valence-corrected chi connectivity index (χ2v) is 6.43. The summed E-state index contributed by atoms with van der Waals surface area (Å²) in [5.41, 5.74) is 1.64. The lowest BCUT2D eigenvalue weighted by molar-refractivity contribution is -0.274. The van der Waals surface area contributed by atoms with Crippen molar-refractivity contribution < 1.29 is 42.4 Å². The Bertz CT molecular complexity index is 1150. The number of halogens is 3. The van der Waals surface area contributed by atoms with E-state index in [2.05, 4.69) is 4.74 Å². The van der Waals surface area contributed by atoms with Gasteiger partial charge in [-0.15, -0.1) is 13.2 Å². The monoisotopic (exact) mass is 444 g/mol. The number of ether oxygens (including phenoxy) is 2. The summed E-state index contributed by atoms with van der Waals surface area (Å²) in [5, 5.41) is 17.9. The second-order valence-electron chi connectivity index (χ2n) is 6.43. The maximum atomic E-state index is 12.3. The van der Waals surface area contributed by atoms with Crippen LogP contribution in [0.2, 0.25) is 0 Å². The van der Waals surface area contributed by atoms with Crippen molar-refractivity contribution in [1.82, 2.24) is 0 Å². The highest BCUT2D eigenvalue weighted by Gasteiger charge is 2.30. The van der Waals surface area contributed by atoms with Gasteiger partial charge in [0.05, 0.1) is 5.56 Å². The van der Waals surface area contributed by atoms with E-state index in [9.17, 15) is 22.8 Å². The average molecular weight is 444 g/mol. The molecule has 0 fully saturated rings. The number of alkyl halides is 3. The van der Waals surface area contributed by atoms with E-state index in [4.69, 9.17) is 14.9 Å². The van der Waals surface area contributed by atoms with Crippen LogP contribution >= 0.6 is 0 Å². The Hall–Kier alpha value is -4.27. The average Bonchev–Trinajstić information content (AvgIpc) is 2.73. The van der Waals surface area contributed by atoms with Gasteiger partial charge in [-0.2, -0.15) is 0 Å². The van der Waals surface area contributed by atoms with E-state index in [1.807, 2.05) is 0 Å². The molecular weight excluding hydrogens is 429 g/mol. The summed E-state index contributed by atoms with van der Waals surface area (Å²) in [6.45, 7) is 0. The normalized spacial score (nSPS) is 11.3. The van der Waals surface area contributed by atoms with Crippen molar-refractivity contribution in [2.75, 3.05) is 0 Å². The summed E-state index contributed by atoms with van der Waals surface area (Å²) in [6, 6.07) is 15.7. The van der Waals surface area contributed by atoms with Gasteiger partial charge in [-0.25, -0.2) is 9.59 Å². The first kappa shape index (κ1) is 22.4. The number of benzene rings is 3. The van der Waals surface area contributed by atoms with E-state index in [-0.39, 0.29) is 11.3 Å². The Balaban J connectivity index is 1.90. The molecule has 0 atom stereocenters. The lowest BCUT2D eigenvalue weighted by atomic mass is 10.0. The second kappa shape index (κ2) is 9.25. The van der Waals surface area contributed by atoms with E-state index < -0.39 is 18.3 Å². The standard InChI is InChI=1S/C23H15F3O6/c24-23(25,26)32-19-9-1-14(2-10-19)16-5-11-20(17(13-16)6-12-21(27)28)31-18-7-3-15(4-8-18)22(29)30/h1-13H,(H,27,28)(H,29,30)/b12-6+. The van der Waals surface area contributed by atoms with E-state index >= 15 is 0 Å². The van der Waals surface area contributed by atoms with Crippen molar-refractivity contribution in [2.45, 2.75) is 6.36 Å². The number of aromatic carboxylic acids is 1. The van der Waals surface area contributed by atoms with Crippen LogP contribution in [0, 0.1) is 0 Å². The molecule has 3 rings (SSSR count). The van der Waals surface area contributed by atoms with Crippen LogP contribution in [0.5, 0.6) is 17.2 Å². The molecule has 9 heteroatoms. The third-order valence-corrected chi connectivity index (χ3v) is 4.17. The fraction of sp³-hybridized carbons (Fsp3) is 0.0435. The van der Waals surface area contributed by atoms with Gasteiger partial charge in [-0.05, 0) is 65.7 Å². The summed E-state index contributed by atoms with van der Waals surface area (Å²) in [4.78, 5) is 21.9. The molecule has 6 nitrogen and oxygen atoms in total. The highest BCUT2D eigenvalue weighted by molar-refractivity contribution is 5.88. The van der Waals surface area contributed by atoms with Crippen molar-refractivity contribution in [3.8, 4) is 28.4 Å². The molecule has 0 saturated carbocycles. The Morgan fingerprint density at radius 1 is 0.812 bits per heavy atom. The molecule has 0 aliphatic carbocycles. The van der Waals surface area contributed by atoms with Crippen LogP contribution in [-0.2, 0) is 4.79 Å². The summed E-state index contributed by atoms with van der Waals surface area (Å²) in [6.07, 6.45) is -2.56. The molecule has 3 aromatic rings. The SMILES string of the molecule is O=C(O)/C=C/c1cc(-c2ccc(OC(F)(F)F)cc2)ccc1Oc1ccc(C(=O)O)cc1. The molecule has 0 spiro atoms. The molecule has 0 saturated heterocycles. The molecule has 0 heterocycles. The van der Waals surface area contributed by atoms with Gasteiger partial charge in [-0.1, -0.05) is 18.2 Å². The number of hydrogen-bond donors (Lipinski definition) is 2. The molecule has 0 aromatic heterocycles. The molecule has 0 radical (unpaired) electrons. The van der Waals surface area contributed by atoms with Crippen LogP contribution in [0.1, 0.15) is 15.9 Å². The van der Waals surface area contributed by atoms with Crippen molar-refractivity contribution in [2.24, 2.45) is 0 Å². The molecule has 0 aliphatic rings. The number of carbonyl (C=O) groups is 2. The Labute approximate surface area is 179 Å². The molecule has 0 unspecified atom stereocenters. The van der Waals surface area contributed by atoms with Crippen LogP contribution in [0.3, 0.4) is 0 Å². The third-order valence-electron chi connectivity index (χ3n) is 4.17. The molecule has 164 valence electrons. The molecule has 2 N–H and O–H groups in total. The number of rotatable bonds is 7. The highest BCUT2D eigenvalue weighted by atomic mass is 19.4. The summed E-state index contributed by atoms with van der Waals surface area (Å²) in [7, 11) is 0. The maximum absolute atomic E-state index is 12.3. The van der Waals surface area contributed by atoms with Gasteiger partial charge in [0.15, 0.2) is 0 Å². The van der Waals surface area contributed by atoms with Gasteiger partial charge in [0, 0.05) is 11.6 Å². The first-order chi connectivity index (χ1) is 15.1. The Morgan fingerprint density at radius 3 is 1.97 bits per heavy atom. The van der Waals surface area contributed by atoms with Gasteiger partial charge in [0.25, 0.3) is 0 Å². The fourth-order valence-electron chi connectivity index (χ4n) is 2.75. The summed E-state index contributed by atoms with van der Waals surface area (Å²) >= 11 is 0. The summed E-state index contributed by atoms with van der Waals surface area (Å²) in [5.74, 6) is -2.00. The number of hydrogen-bond acceptors (Lipinski definition) is 4. The maximum Gasteiger partial charge on any atom is 0.573 e. The van der Waals surface area contributed by atoms with Crippen molar-refractivity contribution in [1.29, 1.82) is 0 Å². The van der Waals surface area contributed by atoms with Crippen molar-refractivity contribution >= 4 is 18.0 Å². The first-order valence-corrected chi connectivity index (χ1v) is 9.03. The van der Waals surface area contributed by atoms with E-state index in [0.29, 0.717) is 28.2 Å². The number of aliphatic carboxylic acids is 1. The number of carboxylic acid groups (broad SMARTS) is 2. The minimum Gasteiger partial charge on any atom is -0.478 e. The summed E-state index contributed by atoms with van der Waals surface area (Å²) < 4.78 is 46.6. The predicted molar refractivity (Wildman–Crippen MR) is 109 cm³/mol. The van der Waals surface area contributed by atoms with Gasteiger partial charge >= 0.3 is 18.3 Å². The molecular formula is C23H15F3O6. The molecule has 0 amide bonds. The van der Waals surface area contributed by atoms with Crippen LogP contribution in [0.15, 0.2) is 72.8 Å². The van der Waals surface area contributed by atoms with Crippen molar-refractivity contribution in [3.63, 3.8) is 0 Å². The lowest BCUT2D eigenvalue weighted by Crippen LogP contribution is -2.16. The van der Waals surface area contributed by atoms with Gasteiger partial charge in [-0.3, -0.25) is 0 Å². The van der Waals surface area contributed by atoms with Crippen LogP contribution in [0.4, 0.5) is 13.2 Å². The van der Waals surface area contributed by atoms with Crippen molar-refractivity contribution in [3.05, 3.63) is 83.9 Å². The van der Waals surface area contributed by atoms with Crippen LogP contribution in [0.25, 0.3) is 17.2 Å². The zero-order chi connectivity index (χ0) is 23.3. The van der Waals surface area contributed by atoms with E-state index in [1.54, 1.807) is 18.2 Å².